The summed E-state index contributed by atoms with van der Waals surface area (Å²) in [5.41, 5.74) is 0.412. The molecule has 194 valence electrons. The standard InChI is InChI=1S/C22H24BrFN4O8/c1-28-20(29,30)8-11(9-21(28,31)32)22(33,34)36-18-7-16-13(6-17(18)35-2)19(26-10-25-16)27-15-4-3-12(23)5-14(15)24/h3-7,10-11,29-34H,8-9H2,1-2H3,(H,25,26,27). The van der Waals surface area contributed by atoms with E-state index in [0.29, 0.717) is 14.8 Å². The van der Waals surface area contributed by atoms with Crippen molar-refractivity contribution in [3.05, 3.63) is 46.9 Å². The maximum Gasteiger partial charge on any atom is 0.325 e. The van der Waals surface area contributed by atoms with E-state index in [2.05, 4.69) is 31.2 Å². The molecule has 36 heavy (non-hydrogen) atoms. The lowest BCUT2D eigenvalue weighted by atomic mass is 9.89. The van der Waals surface area contributed by atoms with Crippen molar-refractivity contribution >= 4 is 38.3 Å². The summed E-state index contributed by atoms with van der Waals surface area (Å²) in [7, 11) is 2.34. The average molecular weight is 571 g/mol. The summed E-state index contributed by atoms with van der Waals surface area (Å²) in [6.07, 6.45) is -0.175. The van der Waals surface area contributed by atoms with E-state index in [1.807, 2.05) is 0 Å². The molecule has 0 amide bonds. The van der Waals surface area contributed by atoms with Crippen LogP contribution in [0.15, 0.2) is 41.1 Å². The van der Waals surface area contributed by atoms with Gasteiger partial charge in [0.05, 0.1) is 24.2 Å². The lowest BCUT2D eigenvalue weighted by molar-refractivity contribution is -0.437. The molecule has 1 aliphatic heterocycles. The smallest absolute Gasteiger partial charge is 0.325 e. The fourth-order valence-electron chi connectivity index (χ4n) is 3.93. The van der Waals surface area contributed by atoms with Crippen molar-refractivity contribution < 1.29 is 44.5 Å². The van der Waals surface area contributed by atoms with Crippen molar-refractivity contribution in [2.75, 3.05) is 19.5 Å². The number of piperidine rings is 1. The topological polar surface area (TPSA) is 181 Å². The Morgan fingerprint density at radius 3 is 2.36 bits per heavy atom. The summed E-state index contributed by atoms with van der Waals surface area (Å²) in [6.45, 7) is 0. The summed E-state index contributed by atoms with van der Waals surface area (Å²) in [5, 5.41) is 65.0. The third kappa shape index (κ3) is 5.07. The number of nitrogens with zero attached hydrogens (tertiary/aromatic N) is 3. The molecule has 0 unspecified atom stereocenters. The molecule has 0 bridgehead atoms. The Balaban J connectivity index is 1.67. The summed E-state index contributed by atoms with van der Waals surface area (Å²) in [4.78, 5) is 8.76. The molecule has 7 N–H and O–H groups in total. The van der Waals surface area contributed by atoms with E-state index in [1.165, 1.54) is 37.7 Å². The van der Waals surface area contributed by atoms with Crippen molar-refractivity contribution in [3.63, 3.8) is 0 Å². The van der Waals surface area contributed by atoms with Crippen LogP contribution in [0.4, 0.5) is 15.9 Å². The van der Waals surface area contributed by atoms with Crippen LogP contribution in [0.25, 0.3) is 10.9 Å². The van der Waals surface area contributed by atoms with E-state index >= 15 is 0 Å². The van der Waals surface area contributed by atoms with Gasteiger partial charge in [-0.3, -0.25) is 0 Å². The molecule has 1 saturated heterocycles. The van der Waals surface area contributed by atoms with Crippen LogP contribution in [0, 0.1) is 11.7 Å². The first-order valence-electron chi connectivity index (χ1n) is 10.6. The van der Waals surface area contributed by atoms with Gasteiger partial charge in [0.2, 0.25) is 11.8 Å². The van der Waals surface area contributed by atoms with Gasteiger partial charge in [0, 0.05) is 28.8 Å². The van der Waals surface area contributed by atoms with Gasteiger partial charge in [0.1, 0.15) is 18.0 Å². The van der Waals surface area contributed by atoms with Crippen LogP contribution in [0.5, 0.6) is 11.5 Å². The number of halogens is 2. The molecular weight excluding hydrogens is 547 g/mol. The Hall–Kier alpha value is -2.69. The minimum atomic E-state index is -3.08. The van der Waals surface area contributed by atoms with Gasteiger partial charge < -0.3 is 45.4 Å². The minimum Gasteiger partial charge on any atom is -0.493 e. The number of rotatable bonds is 6. The van der Waals surface area contributed by atoms with Crippen molar-refractivity contribution in [1.29, 1.82) is 0 Å². The number of hydrogen-bond acceptors (Lipinski definition) is 12. The van der Waals surface area contributed by atoms with Gasteiger partial charge >= 0.3 is 5.97 Å². The highest BCUT2D eigenvalue weighted by Crippen LogP contribution is 2.43. The Labute approximate surface area is 212 Å². The van der Waals surface area contributed by atoms with E-state index < -0.39 is 42.4 Å². The maximum atomic E-state index is 14.3. The molecule has 12 nitrogen and oxygen atoms in total. The van der Waals surface area contributed by atoms with Gasteiger partial charge in [-0.15, -0.1) is 0 Å². The first-order valence-corrected chi connectivity index (χ1v) is 11.3. The third-order valence-corrected chi connectivity index (χ3v) is 6.51. The number of anilines is 2. The predicted octanol–water partition coefficient (Wildman–Crippen LogP) is 0.919. The summed E-state index contributed by atoms with van der Waals surface area (Å²) in [6, 6.07) is 7.18. The van der Waals surface area contributed by atoms with Gasteiger partial charge in [0.25, 0.3) is 0 Å². The normalized spacial score (nSPS) is 18.3. The van der Waals surface area contributed by atoms with Crippen molar-refractivity contribution in [2.24, 2.45) is 5.92 Å². The van der Waals surface area contributed by atoms with Crippen molar-refractivity contribution in [3.8, 4) is 11.5 Å². The third-order valence-electron chi connectivity index (χ3n) is 6.01. The zero-order valence-corrected chi connectivity index (χ0v) is 20.6. The van der Waals surface area contributed by atoms with Crippen LogP contribution in [-0.2, 0) is 0 Å². The summed E-state index contributed by atoms with van der Waals surface area (Å²) < 4.78 is 25.6. The molecule has 0 saturated carbocycles. The van der Waals surface area contributed by atoms with E-state index in [0.717, 1.165) is 7.05 Å². The second kappa shape index (κ2) is 9.32. The molecule has 4 rings (SSSR count). The first kappa shape index (κ1) is 26.4. The fraction of sp³-hybridized carbons (Fsp3) is 0.364. The number of aromatic nitrogens is 2. The Morgan fingerprint density at radius 1 is 1.08 bits per heavy atom. The number of hydrogen-bond donors (Lipinski definition) is 7. The molecule has 0 spiro atoms. The highest BCUT2D eigenvalue weighted by atomic mass is 79.9. The molecule has 2 aromatic carbocycles. The van der Waals surface area contributed by atoms with Crippen LogP contribution >= 0.6 is 15.9 Å². The monoisotopic (exact) mass is 570 g/mol. The van der Waals surface area contributed by atoms with Crippen LogP contribution < -0.4 is 14.8 Å². The van der Waals surface area contributed by atoms with Gasteiger partial charge in [-0.25, -0.2) is 19.3 Å². The van der Waals surface area contributed by atoms with E-state index in [9.17, 15) is 35.0 Å². The zero-order chi connectivity index (χ0) is 26.5. The number of fused-ring (bicyclic) bond motifs is 1. The van der Waals surface area contributed by atoms with Gasteiger partial charge in [-0.2, -0.15) is 0 Å². The van der Waals surface area contributed by atoms with Gasteiger partial charge in [-0.1, -0.05) is 15.9 Å². The summed E-state index contributed by atoms with van der Waals surface area (Å²) >= 11 is 3.19. The van der Waals surface area contributed by atoms with Crippen LogP contribution in [0.3, 0.4) is 0 Å². The molecule has 1 aromatic heterocycles. The second-order valence-corrected chi connectivity index (χ2v) is 9.38. The van der Waals surface area contributed by atoms with E-state index in [4.69, 9.17) is 9.47 Å². The Kier molecular flexibility index (Phi) is 6.83. The molecule has 0 atom stereocenters. The SMILES string of the molecule is COc1cc2c(Nc3ccc(Br)cc3F)ncnc2cc1OC(O)(O)C1CC(O)(O)N(C)C(O)(O)C1. The van der Waals surface area contributed by atoms with Crippen molar-refractivity contribution in [2.45, 2.75) is 30.6 Å². The quantitative estimate of drug-likeness (QED) is 0.208. The Bertz CT molecular complexity index is 1270. The van der Waals surface area contributed by atoms with Gasteiger partial charge in [-0.05, 0) is 31.3 Å². The molecule has 3 aromatic rings. The highest BCUT2D eigenvalue weighted by Gasteiger charge is 2.56. The number of methoxy groups -OCH3 is 1. The number of likely N-dealkylation sites (tertiary alicyclic amines) is 1. The molecule has 0 aliphatic carbocycles. The molecular formula is C22H24BrFN4O8. The predicted molar refractivity (Wildman–Crippen MR) is 126 cm³/mol. The summed E-state index contributed by atoms with van der Waals surface area (Å²) in [5.74, 6) is -10.7. The van der Waals surface area contributed by atoms with Crippen LogP contribution in [0.1, 0.15) is 12.8 Å². The van der Waals surface area contributed by atoms with E-state index in [1.54, 1.807) is 6.07 Å². The number of nitrogens with one attached hydrogen (secondary N) is 1. The molecule has 1 fully saturated rings. The lowest BCUT2D eigenvalue weighted by Crippen LogP contribution is -2.67. The largest absolute Gasteiger partial charge is 0.493 e. The van der Waals surface area contributed by atoms with Crippen LogP contribution in [0.2, 0.25) is 0 Å². The maximum absolute atomic E-state index is 14.3. The van der Waals surface area contributed by atoms with Crippen molar-refractivity contribution in [1.82, 2.24) is 14.9 Å². The molecule has 0 radical (unpaired) electrons. The fourth-order valence-corrected chi connectivity index (χ4v) is 4.26. The lowest BCUT2D eigenvalue weighted by Gasteiger charge is -2.49. The second-order valence-electron chi connectivity index (χ2n) is 8.47. The molecule has 2 heterocycles. The number of ether oxygens (including phenoxy) is 2. The molecule has 14 heteroatoms. The number of benzene rings is 2. The highest BCUT2D eigenvalue weighted by molar-refractivity contribution is 9.10. The van der Waals surface area contributed by atoms with Crippen LogP contribution in [-0.4, -0.2) is 77.5 Å². The first-order chi connectivity index (χ1) is 16.7. The van der Waals surface area contributed by atoms with Gasteiger partial charge in [0.15, 0.2) is 11.5 Å². The Morgan fingerprint density at radius 2 is 1.75 bits per heavy atom. The zero-order valence-electron chi connectivity index (χ0n) is 19.1. The molecule has 1 aliphatic rings. The van der Waals surface area contributed by atoms with E-state index in [-0.39, 0.29) is 28.5 Å². The minimum absolute atomic E-state index is 0.00977. The number of aliphatic hydroxyl groups is 6. The average Bonchev–Trinajstić information content (AvgIpc) is 2.78.